The van der Waals surface area contributed by atoms with Crippen molar-refractivity contribution in [3.05, 3.63) is 42.2 Å². The quantitative estimate of drug-likeness (QED) is 0.814. The number of carboxylic acid groups (broad SMARTS) is 1. The van der Waals surface area contributed by atoms with Gasteiger partial charge in [-0.15, -0.1) is 0 Å². The third-order valence-corrected chi connectivity index (χ3v) is 2.99. The van der Waals surface area contributed by atoms with Crippen LogP contribution in [0.15, 0.2) is 36.7 Å². The van der Waals surface area contributed by atoms with Crippen LogP contribution in [0.4, 0.5) is 0 Å². The Morgan fingerprint density at radius 2 is 1.70 bits per heavy atom. The standard InChI is InChI=1S/C7H6O2Se.C6H8N2O2/c8-7(9)5-3-1-2-4-6(5)10;1-9-5-3-6(10-2)8-4-7-5/h1-4,10H,(H,8,9);3-4H,1-2H3. The molecule has 0 bridgehead atoms. The summed E-state index contributed by atoms with van der Waals surface area (Å²) in [5, 5.41) is 8.56. The molecule has 1 heterocycles. The van der Waals surface area contributed by atoms with E-state index in [0.29, 0.717) is 17.3 Å². The third kappa shape index (κ3) is 4.87. The fraction of sp³-hybridized carbons (Fsp3) is 0.154. The van der Waals surface area contributed by atoms with Crippen LogP contribution in [-0.4, -0.2) is 51.3 Å². The molecule has 1 aromatic carbocycles. The van der Waals surface area contributed by atoms with E-state index >= 15 is 0 Å². The van der Waals surface area contributed by atoms with E-state index in [9.17, 15) is 4.79 Å². The van der Waals surface area contributed by atoms with Crippen LogP contribution in [0.25, 0.3) is 0 Å². The molecular weight excluding hydrogens is 327 g/mol. The van der Waals surface area contributed by atoms with Gasteiger partial charge < -0.3 is 9.47 Å². The molecule has 6 nitrogen and oxygen atoms in total. The van der Waals surface area contributed by atoms with Crippen LogP contribution in [0.5, 0.6) is 11.8 Å². The molecule has 106 valence electrons. The topological polar surface area (TPSA) is 81.5 Å². The van der Waals surface area contributed by atoms with Crippen LogP contribution in [0.2, 0.25) is 0 Å². The maximum atomic E-state index is 10.4. The van der Waals surface area contributed by atoms with Gasteiger partial charge >= 0.3 is 66.2 Å². The third-order valence-electron chi connectivity index (χ3n) is 2.17. The minimum atomic E-state index is -0.878. The summed E-state index contributed by atoms with van der Waals surface area (Å²) >= 11 is 2.23. The van der Waals surface area contributed by atoms with Crippen LogP contribution >= 0.6 is 0 Å². The molecule has 0 aliphatic carbocycles. The Morgan fingerprint density at radius 1 is 1.15 bits per heavy atom. The van der Waals surface area contributed by atoms with Gasteiger partial charge in [-0.25, -0.2) is 9.97 Å². The van der Waals surface area contributed by atoms with Gasteiger partial charge in [0.25, 0.3) is 0 Å². The average Bonchev–Trinajstić information content (AvgIpc) is 2.48. The second kappa shape index (κ2) is 8.14. The second-order valence-electron chi connectivity index (χ2n) is 3.43. The van der Waals surface area contributed by atoms with Gasteiger partial charge in [-0.2, -0.15) is 0 Å². The van der Waals surface area contributed by atoms with Crippen LogP contribution in [0.1, 0.15) is 10.4 Å². The van der Waals surface area contributed by atoms with Crippen LogP contribution in [-0.2, 0) is 0 Å². The summed E-state index contributed by atoms with van der Waals surface area (Å²) in [5.74, 6) is 0.134. The monoisotopic (exact) mass is 342 g/mol. The van der Waals surface area contributed by atoms with Crippen molar-refractivity contribution in [1.82, 2.24) is 9.97 Å². The molecule has 2 rings (SSSR count). The molecule has 0 atom stereocenters. The first-order valence-corrected chi connectivity index (χ1v) is 6.43. The number of carbonyl (C=O) groups is 1. The normalized spacial score (nSPS) is 9.15. The van der Waals surface area contributed by atoms with Crippen molar-refractivity contribution in [1.29, 1.82) is 0 Å². The number of hydrogen-bond donors (Lipinski definition) is 1. The molecule has 0 aliphatic rings. The van der Waals surface area contributed by atoms with E-state index in [4.69, 9.17) is 14.6 Å². The van der Waals surface area contributed by atoms with Gasteiger partial charge in [0, 0.05) is 0 Å². The Labute approximate surface area is 124 Å². The van der Waals surface area contributed by atoms with E-state index in [1.165, 1.54) is 6.33 Å². The van der Waals surface area contributed by atoms with Crippen LogP contribution in [0.3, 0.4) is 0 Å². The zero-order chi connectivity index (χ0) is 15.0. The molecule has 1 N–H and O–H groups in total. The number of benzene rings is 1. The molecule has 0 amide bonds. The van der Waals surface area contributed by atoms with Crippen molar-refractivity contribution in [3.8, 4) is 11.8 Å². The van der Waals surface area contributed by atoms with Crippen molar-refractivity contribution in [2.45, 2.75) is 0 Å². The van der Waals surface area contributed by atoms with Gasteiger partial charge in [-0.1, -0.05) is 0 Å². The first-order chi connectivity index (χ1) is 9.58. The van der Waals surface area contributed by atoms with Gasteiger partial charge in [0.1, 0.15) is 6.33 Å². The van der Waals surface area contributed by atoms with Gasteiger partial charge in [0.2, 0.25) is 11.8 Å². The summed E-state index contributed by atoms with van der Waals surface area (Å²) in [6.07, 6.45) is 1.39. The van der Waals surface area contributed by atoms with Crippen molar-refractivity contribution in [2.75, 3.05) is 14.2 Å². The molecule has 0 fully saturated rings. The molecule has 7 heteroatoms. The number of carboxylic acids is 1. The predicted octanol–water partition coefficient (Wildman–Crippen LogP) is 0.405. The number of nitrogens with zero attached hydrogens (tertiary/aromatic N) is 2. The number of aromatic carboxylic acids is 1. The van der Waals surface area contributed by atoms with Crippen molar-refractivity contribution < 1.29 is 19.4 Å². The minimum absolute atomic E-state index is 0.350. The Morgan fingerprint density at radius 3 is 2.10 bits per heavy atom. The summed E-state index contributed by atoms with van der Waals surface area (Å²) in [5.41, 5.74) is 0.350. The fourth-order valence-corrected chi connectivity index (χ4v) is 1.74. The number of hydrogen-bond acceptors (Lipinski definition) is 5. The first-order valence-electron chi connectivity index (χ1n) is 5.49. The summed E-state index contributed by atoms with van der Waals surface area (Å²) < 4.78 is 10.4. The molecule has 20 heavy (non-hydrogen) atoms. The summed E-state index contributed by atoms with van der Waals surface area (Å²) in [7, 11) is 3.09. The molecular formula is C13H14N2O4Se. The van der Waals surface area contributed by atoms with E-state index in [1.807, 2.05) is 0 Å². The molecule has 0 saturated heterocycles. The van der Waals surface area contributed by atoms with Crippen molar-refractivity contribution in [2.24, 2.45) is 0 Å². The van der Waals surface area contributed by atoms with Crippen molar-refractivity contribution >= 4 is 26.4 Å². The Kier molecular flexibility index (Phi) is 6.49. The molecule has 0 aliphatic heterocycles. The van der Waals surface area contributed by atoms with E-state index in [-0.39, 0.29) is 0 Å². The van der Waals surface area contributed by atoms with Gasteiger partial charge in [-0.3, -0.25) is 0 Å². The average molecular weight is 341 g/mol. The van der Waals surface area contributed by atoms with E-state index in [1.54, 1.807) is 44.6 Å². The zero-order valence-corrected chi connectivity index (χ0v) is 12.9. The maximum absolute atomic E-state index is 10.4. The first kappa shape index (κ1) is 15.9. The van der Waals surface area contributed by atoms with Crippen LogP contribution in [0, 0.1) is 0 Å². The molecule has 1 aromatic heterocycles. The number of methoxy groups -OCH3 is 2. The van der Waals surface area contributed by atoms with E-state index in [2.05, 4.69) is 26.0 Å². The molecule has 0 radical (unpaired) electrons. The molecule has 0 unspecified atom stereocenters. The Balaban J connectivity index is 0.000000200. The Bertz CT molecular complexity index is 559. The summed E-state index contributed by atoms with van der Waals surface area (Å²) in [6.45, 7) is 0. The predicted molar refractivity (Wildman–Crippen MR) is 75.3 cm³/mol. The van der Waals surface area contributed by atoms with E-state index in [0.717, 1.165) is 4.46 Å². The Hall–Kier alpha value is -2.11. The molecule has 0 spiro atoms. The summed E-state index contributed by atoms with van der Waals surface area (Å²) in [6, 6.07) is 8.46. The molecule has 2 aromatic rings. The second-order valence-corrected chi connectivity index (χ2v) is 4.44. The summed E-state index contributed by atoms with van der Waals surface area (Å²) in [4.78, 5) is 18.0. The van der Waals surface area contributed by atoms with Gasteiger partial charge in [-0.05, 0) is 0 Å². The molecule has 0 saturated carbocycles. The van der Waals surface area contributed by atoms with Gasteiger partial charge in [0.15, 0.2) is 0 Å². The number of ether oxygens (including phenoxy) is 2. The van der Waals surface area contributed by atoms with Crippen LogP contribution < -0.4 is 13.9 Å². The van der Waals surface area contributed by atoms with Gasteiger partial charge in [0.05, 0.1) is 20.3 Å². The fourth-order valence-electron chi connectivity index (χ4n) is 1.20. The number of rotatable bonds is 3. The zero-order valence-electron chi connectivity index (χ0n) is 11.0. The van der Waals surface area contributed by atoms with Crippen molar-refractivity contribution in [3.63, 3.8) is 0 Å². The number of aromatic nitrogens is 2. The van der Waals surface area contributed by atoms with E-state index < -0.39 is 5.97 Å². The SMILES string of the molecule is COc1cc(OC)ncn1.O=C(O)c1ccccc1[SeH].